The molecule has 3 rings (SSSR count). The minimum Gasteiger partial charge on any atom is -0.445 e. The van der Waals surface area contributed by atoms with E-state index in [1.165, 1.54) is 0 Å². The van der Waals surface area contributed by atoms with Crippen LogP contribution in [0.25, 0.3) is 0 Å². The smallest absolute Gasteiger partial charge is 0.407 e. The molecule has 1 aliphatic rings. The average Bonchev–Trinajstić information content (AvgIpc) is 3.01. The summed E-state index contributed by atoms with van der Waals surface area (Å²) in [4.78, 5) is 11.9. The third-order valence-corrected chi connectivity index (χ3v) is 4.59. The van der Waals surface area contributed by atoms with Gasteiger partial charge in [-0.15, -0.1) is 0 Å². The van der Waals surface area contributed by atoms with Crippen LogP contribution in [0.15, 0.2) is 47.2 Å². The molecule has 6 heteroatoms. The van der Waals surface area contributed by atoms with Gasteiger partial charge in [0.25, 0.3) is 0 Å². The highest BCUT2D eigenvalue weighted by Crippen LogP contribution is 2.28. The van der Waals surface area contributed by atoms with E-state index in [-0.39, 0.29) is 12.1 Å². The Balaban J connectivity index is 1.41. The summed E-state index contributed by atoms with van der Waals surface area (Å²) in [7, 11) is 0. The zero-order chi connectivity index (χ0) is 16.1. The van der Waals surface area contributed by atoms with Gasteiger partial charge in [-0.2, -0.15) is 5.10 Å². The van der Waals surface area contributed by atoms with Crippen molar-refractivity contribution in [2.75, 3.05) is 0 Å². The summed E-state index contributed by atoms with van der Waals surface area (Å²) in [5.74, 6) is 0. The molecule has 0 unspecified atom stereocenters. The number of benzene rings is 1. The van der Waals surface area contributed by atoms with Crippen LogP contribution in [0.3, 0.4) is 0 Å². The maximum Gasteiger partial charge on any atom is 0.407 e. The second-order valence-corrected chi connectivity index (χ2v) is 6.77. The molecule has 1 saturated carbocycles. The minimum absolute atomic E-state index is 0.188. The van der Waals surface area contributed by atoms with E-state index in [0.717, 1.165) is 35.7 Å². The van der Waals surface area contributed by atoms with Crippen molar-refractivity contribution in [3.63, 3.8) is 0 Å². The number of hydrogen-bond donors (Lipinski definition) is 1. The number of rotatable bonds is 4. The Morgan fingerprint density at radius 2 is 2.00 bits per heavy atom. The molecule has 1 aromatic carbocycles. The molecule has 2 aromatic rings. The number of ether oxygens (including phenoxy) is 1. The van der Waals surface area contributed by atoms with Crippen LogP contribution in [0.4, 0.5) is 4.79 Å². The van der Waals surface area contributed by atoms with Gasteiger partial charge in [0.2, 0.25) is 0 Å². The first-order chi connectivity index (χ1) is 11.2. The van der Waals surface area contributed by atoms with E-state index in [1.54, 1.807) is 0 Å². The molecule has 1 fully saturated rings. The van der Waals surface area contributed by atoms with E-state index < -0.39 is 0 Å². The normalized spacial score (nSPS) is 20.9. The number of alkyl carbamates (subject to hydrolysis) is 1. The Morgan fingerprint density at radius 3 is 2.65 bits per heavy atom. The summed E-state index contributed by atoms with van der Waals surface area (Å²) in [6.07, 6.45) is 7.40. The van der Waals surface area contributed by atoms with Gasteiger partial charge < -0.3 is 10.1 Å². The van der Waals surface area contributed by atoms with Crippen molar-refractivity contribution in [2.45, 2.75) is 44.4 Å². The van der Waals surface area contributed by atoms with Crippen molar-refractivity contribution < 1.29 is 9.53 Å². The number of carbonyl (C=O) groups excluding carboxylic acids is 1. The van der Waals surface area contributed by atoms with Gasteiger partial charge in [-0.25, -0.2) is 4.79 Å². The minimum atomic E-state index is -0.334. The summed E-state index contributed by atoms with van der Waals surface area (Å²) in [6.45, 7) is 0.309. The monoisotopic (exact) mass is 377 g/mol. The van der Waals surface area contributed by atoms with Gasteiger partial charge >= 0.3 is 6.09 Å². The number of amides is 1. The van der Waals surface area contributed by atoms with Crippen molar-refractivity contribution in [3.8, 4) is 0 Å². The van der Waals surface area contributed by atoms with E-state index >= 15 is 0 Å². The van der Waals surface area contributed by atoms with Crippen LogP contribution < -0.4 is 5.32 Å². The van der Waals surface area contributed by atoms with Crippen LogP contribution in [-0.2, 0) is 11.3 Å². The van der Waals surface area contributed by atoms with Gasteiger partial charge in [0.05, 0.1) is 16.7 Å². The topological polar surface area (TPSA) is 56.2 Å². The largest absolute Gasteiger partial charge is 0.445 e. The van der Waals surface area contributed by atoms with E-state index in [2.05, 4.69) is 26.3 Å². The third kappa shape index (κ3) is 4.58. The summed E-state index contributed by atoms with van der Waals surface area (Å²) >= 11 is 3.42. The lowest BCUT2D eigenvalue weighted by molar-refractivity contribution is 0.131. The van der Waals surface area contributed by atoms with Crippen LogP contribution in [-0.4, -0.2) is 21.9 Å². The molecule has 1 amide bonds. The summed E-state index contributed by atoms with van der Waals surface area (Å²) in [6, 6.07) is 10.3. The van der Waals surface area contributed by atoms with Crippen LogP contribution >= 0.6 is 15.9 Å². The van der Waals surface area contributed by atoms with Gasteiger partial charge in [0.1, 0.15) is 6.61 Å². The quantitative estimate of drug-likeness (QED) is 0.873. The molecule has 5 nitrogen and oxygen atoms in total. The lowest BCUT2D eigenvalue weighted by Crippen LogP contribution is -2.38. The van der Waals surface area contributed by atoms with E-state index in [0.29, 0.717) is 12.6 Å². The second kappa shape index (κ2) is 7.64. The van der Waals surface area contributed by atoms with Crippen molar-refractivity contribution in [1.82, 2.24) is 15.1 Å². The molecule has 0 saturated heterocycles. The van der Waals surface area contributed by atoms with E-state index in [1.807, 2.05) is 47.4 Å². The van der Waals surface area contributed by atoms with Crippen molar-refractivity contribution in [1.29, 1.82) is 0 Å². The van der Waals surface area contributed by atoms with Crippen LogP contribution in [0.1, 0.15) is 37.3 Å². The van der Waals surface area contributed by atoms with Gasteiger partial charge in [0.15, 0.2) is 0 Å². The van der Waals surface area contributed by atoms with Crippen LogP contribution in [0.2, 0.25) is 0 Å². The molecule has 1 aromatic heterocycles. The number of halogens is 1. The highest BCUT2D eigenvalue weighted by Gasteiger charge is 2.24. The fourth-order valence-electron chi connectivity index (χ4n) is 2.93. The predicted octanol–water partition coefficient (Wildman–Crippen LogP) is 4.06. The van der Waals surface area contributed by atoms with Crippen LogP contribution in [0, 0.1) is 0 Å². The highest BCUT2D eigenvalue weighted by molar-refractivity contribution is 9.10. The standard InChI is InChI=1S/C17H20BrN3O2/c18-14-10-19-21(11-14)16-8-6-15(7-9-16)20-17(22)23-12-13-4-2-1-3-5-13/h1-5,10-11,15-16H,6-9,12H2,(H,20,22). The molecule has 0 bridgehead atoms. The van der Waals surface area contributed by atoms with Crippen molar-refractivity contribution >= 4 is 22.0 Å². The Labute approximate surface area is 144 Å². The molecule has 122 valence electrons. The fourth-order valence-corrected chi connectivity index (χ4v) is 3.23. The average molecular weight is 378 g/mol. The molecule has 1 aliphatic carbocycles. The number of carbonyl (C=O) groups is 1. The summed E-state index contributed by atoms with van der Waals surface area (Å²) in [5.41, 5.74) is 0.996. The molecule has 0 atom stereocenters. The maximum atomic E-state index is 11.9. The fraction of sp³-hybridized carbons (Fsp3) is 0.412. The number of hydrogen-bond acceptors (Lipinski definition) is 3. The first-order valence-corrected chi connectivity index (χ1v) is 8.67. The Morgan fingerprint density at radius 1 is 1.26 bits per heavy atom. The maximum absolute atomic E-state index is 11.9. The second-order valence-electron chi connectivity index (χ2n) is 5.85. The molecule has 23 heavy (non-hydrogen) atoms. The molecule has 0 spiro atoms. The lowest BCUT2D eigenvalue weighted by atomic mass is 9.91. The Kier molecular flexibility index (Phi) is 5.33. The Bertz CT molecular complexity index is 636. The molecule has 0 radical (unpaired) electrons. The molecular weight excluding hydrogens is 358 g/mol. The summed E-state index contributed by atoms with van der Waals surface area (Å²) < 4.78 is 8.28. The predicted molar refractivity (Wildman–Crippen MR) is 91.0 cm³/mol. The molecule has 0 aliphatic heterocycles. The van der Waals surface area contributed by atoms with Crippen molar-refractivity contribution in [2.24, 2.45) is 0 Å². The van der Waals surface area contributed by atoms with Gasteiger partial charge in [-0.1, -0.05) is 30.3 Å². The summed E-state index contributed by atoms with van der Waals surface area (Å²) in [5, 5.41) is 7.31. The van der Waals surface area contributed by atoms with Crippen LogP contribution in [0.5, 0.6) is 0 Å². The van der Waals surface area contributed by atoms with Gasteiger partial charge in [-0.3, -0.25) is 4.68 Å². The van der Waals surface area contributed by atoms with Gasteiger partial charge in [-0.05, 0) is 47.2 Å². The van der Waals surface area contributed by atoms with E-state index in [4.69, 9.17) is 4.74 Å². The first kappa shape index (κ1) is 16.1. The van der Waals surface area contributed by atoms with Crippen molar-refractivity contribution in [3.05, 3.63) is 52.8 Å². The number of nitrogens with zero attached hydrogens (tertiary/aromatic N) is 2. The SMILES string of the molecule is O=C(NC1CCC(n2cc(Br)cn2)CC1)OCc1ccccc1. The highest BCUT2D eigenvalue weighted by atomic mass is 79.9. The molecule has 1 heterocycles. The van der Waals surface area contributed by atoms with Gasteiger partial charge in [0, 0.05) is 12.2 Å². The zero-order valence-corrected chi connectivity index (χ0v) is 14.4. The zero-order valence-electron chi connectivity index (χ0n) is 12.8. The lowest BCUT2D eigenvalue weighted by Gasteiger charge is -2.29. The number of nitrogens with one attached hydrogen (secondary N) is 1. The Hall–Kier alpha value is -1.82. The van der Waals surface area contributed by atoms with E-state index in [9.17, 15) is 4.79 Å². The third-order valence-electron chi connectivity index (χ3n) is 4.18. The molecular formula is C17H20BrN3O2. The number of aromatic nitrogens is 2. The first-order valence-electron chi connectivity index (χ1n) is 7.87. The molecule has 1 N–H and O–H groups in total.